The molecule has 0 fully saturated rings. The zero-order chi connectivity index (χ0) is 18.4. The SMILES string of the molecule is CC(NC(=O)/C=C\c1ccccc1F)c1cccc(-c2ccncc2)c1. The van der Waals surface area contributed by atoms with E-state index in [-0.39, 0.29) is 17.8 Å². The molecule has 130 valence electrons. The van der Waals surface area contributed by atoms with Gasteiger partial charge in [-0.05, 0) is 54.0 Å². The first-order chi connectivity index (χ1) is 12.6. The average molecular weight is 346 g/mol. The molecule has 3 nitrogen and oxygen atoms in total. The minimum absolute atomic E-state index is 0.172. The monoisotopic (exact) mass is 346 g/mol. The molecule has 1 aromatic heterocycles. The van der Waals surface area contributed by atoms with Gasteiger partial charge in [-0.2, -0.15) is 0 Å². The van der Waals surface area contributed by atoms with Crippen LogP contribution in [0.15, 0.2) is 79.1 Å². The van der Waals surface area contributed by atoms with E-state index in [1.807, 2.05) is 43.3 Å². The predicted octanol–water partition coefficient (Wildman–Crippen LogP) is 4.78. The summed E-state index contributed by atoms with van der Waals surface area (Å²) in [5.41, 5.74) is 3.51. The van der Waals surface area contributed by atoms with Gasteiger partial charge in [0, 0.05) is 24.0 Å². The van der Waals surface area contributed by atoms with Crippen molar-refractivity contribution in [1.82, 2.24) is 10.3 Å². The number of halogens is 1. The van der Waals surface area contributed by atoms with Gasteiger partial charge in [0.05, 0.1) is 6.04 Å². The van der Waals surface area contributed by atoms with E-state index in [1.165, 1.54) is 18.2 Å². The maximum Gasteiger partial charge on any atom is 0.244 e. The summed E-state index contributed by atoms with van der Waals surface area (Å²) in [6, 6.07) is 18.0. The molecular formula is C22H19FN2O. The molecule has 0 aliphatic rings. The van der Waals surface area contributed by atoms with E-state index in [9.17, 15) is 9.18 Å². The second-order valence-electron chi connectivity index (χ2n) is 5.95. The highest BCUT2D eigenvalue weighted by Crippen LogP contribution is 2.22. The number of rotatable bonds is 5. The van der Waals surface area contributed by atoms with E-state index in [0.717, 1.165) is 16.7 Å². The van der Waals surface area contributed by atoms with Gasteiger partial charge in [-0.15, -0.1) is 0 Å². The van der Waals surface area contributed by atoms with Crippen molar-refractivity contribution in [3.8, 4) is 11.1 Å². The van der Waals surface area contributed by atoms with Gasteiger partial charge in [-0.3, -0.25) is 9.78 Å². The summed E-state index contributed by atoms with van der Waals surface area (Å²) in [6.07, 6.45) is 6.33. The van der Waals surface area contributed by atoms with E-state index in [1.54, 1.807) is 30.6 Å². The Balaban J connectivity index is 1.69. The summed E-state index contributed by atoms with van der Waals surface area (Å²) >= 11 is 0. The number of hydrogen-bond acceptors (Lipinski definition) is 2. The second-order valence-corrected chi connectivity index (χ2v) is 5.95. The minimum atomic E-state index is -0.352. The molecule has 1 N–H and O–H groups in total. The van der Waals surface area contributed by atoms with Crippen LogP contribution in [0.4, 0.5) is 4.39 Å². The molecule has 1 amide bonds. The molecule has 26 heavy (non-hydrogen) atoms. The highest BCUT2D eigenvalue weighted by molar-refractivity contribution is 5.92. The van der Waals surface area contributed by atoms with Gasteiger partial charge in [-0.1, -0.05) is 36.4 Å². The van der Waals surface area contributed by atoms with Crippen LogP contribution >= 0.6 is 0 Å². The summed E-state index contributed by atoms with van der Waals surface area (Å²) in [4.78, 5) is 16.2. The molecule has 1 heterocycles. The fraction of sp³-hybridized carbons (Fsp3) is 0.0909. The summed E-state index contributed by atoms with van der Waals surface area (Å²) in [5, 5.41) is 2.90. The first-order valence-corrected chi connectivity index (χ1v) is 8.37. The third kappa shape index (κ3) is 4.42. The predicted molar refractivity (Wildman–Crippen MR) is 102 cm³/mol. The Morgan fingerprint density at radius 3 is 2.58 bits per heavy atom. The summed E-state index contributed by atoms with van der Waals surface area (Å²) < 4.78 is 13.6. The first-order valence-electron chi connectivity index (χ1n) is 8.37. The zero-order valence-corrected chi connectivity index (χ0v) is 14.4. The third-order valence-corrected chi connectivity index (χ3v) is 4.08. The van der Waals surface area contributed by atoms with Gasteiger partial charge >= 0.3 is 0 Å². The Bertz CT molecular complexity index is 922. The molecule has 3 aromatic rings. The van der Waals surface area contributed by atoms with Gasteiger partial charge in [0.1, 0.15) is 5.82 Å². The van der Waals surface area contributed by atoms with Crippen LogP contribution in [-0.2, 0) is 4.79 Å². The quantitative estimate of drug-likeness (QED) is 0.676. The number of nitrogens with one attached hydrogen (secondary N) is 1. The molecular weight excluding hydrogens is 327 g/mol. The highest BCUT2D eigenvalue weighted by Gasteiger charge is 2.09. The van der Waals surface area contributed by atoms with Crippen LogP contribution in [0.1, 0.15) is 24.1 Å². The number of benzene rings is 2. The van der Waals surface area contributed by atoms with Crippen molar-refractivity contribution >= 4 is 12.0 Å². The lowest BCUT2D eigenvalue weighted by molar-refractivity contribution is -0.117. The molecule has 0 saturated heterocycles. The summed E-state index contributed by atoms with van der Waals surface area (Å²) in [6.45, 7) is 1.92. The lowest BCUT2D eigenvalue weighted by Crippen LogP contribution is -2.24. The van der Waals surface area contributed by atoms with Crippen molar-refractivity contribution < 1.29 is 9.18 Å². The molecule has 2 aromatic carbocycles. The van der Waals surface area contributed by atoms with Gasteiger partial charge in [0.15, 0.2) is 0 Å². The zero-order valence-electron chi connectivity index (χ0n) is 14.4. The largest absolute Gasteiger partial charge is 0.346 e. The Morgan fingerprint density at radius 1 is 1.04 bits per heavy atom. The highest BCUT2D eigenvalue weighted by atomic mass is 19.1. The Hall–Kier alpha value is -3.27. The van der Waals surface area contributed by atoms with Crippen molar-refractivity contribution in [2.24, 2.45) is 0 Å². The molecule has 0 aliphatic carbocycles. The number of pyridine rings is 1. The molecule has 4 heteroatoms. The fourth-order valence-electron chi connectivity index (χ4n) is 2.65. The Labute approximate surface area is 152 Å². The standard InChI is InChI=1S/C22H19FN2O/c1-16(25-22(26)10-9-18-5-2-3-8-21(18)23)19-6-4-7-20(15-19)17-11-13-24-14-12-17/h2-16H,1H3,(H,25,26)/b10-9-. The van der Waals surface area contributed by atoms with E-state index < -0.39 is 0 Å². The molecule has 0 aliphatic heterocycles. The van der Waals surface area contributed by atoms with Crippen LogP contribution in [0.2, 0.25) is 0 Å². The average Bonchev–Trinajstić information content (AvgIpc) is 2.68. The topological polar surface area (TPSA) is 42.0 Å². The second kappa shape index (κ2) is 8.21. The smallest absolute Gasteiger partial charge is 0.244 e. The van der Waals surface area contributed by atoms with Crippen molar-refractivity contribution in [3.05, 3.63) is 96.1 Å². The molecule has 1 unspecified atom stereocenters. The number of nitrogens with zero attached hydrogens (tertiary/aromatic N) is 1. The van der Waals surface area contributed by atoms with Gasteiger partial charge in [0.2, 0.25) is 5.91 Å². The van der Waals surface area contributed by atoms with E-state index in [4.69, 9.17) is 0 Å². The summed E-state index contributed by atoms with van der Waals surface area (Å²) in [5.74, 6) is -0.621. The number of carbonyl (C=O) groups excluding carboxylic acids is 1. The number of carbonyl (C=O) groups is 1. The van der Waals surface area contributed by atoms with Crippen LogP contribution in [0.5, 0.6) is 0 Å². The van der Waals surface area contributed by atoms with Crippen LogP contribution in [0.25, 0.3) is 17.2 Å². The van der Waals surface area contributed by atoms with Crippen molar-refractivity contribution in [1.29, 1.82) is 0 Å². The molecule has 3 rings (SSSR count). The lowest BCUT2D eigenvalue weighted by atomic mass is 10.0. The fourth-order valence-corrected chi connectivity index (χ4v) is 2.65. The Kier molecular flexibility index (Phi) is 5.54. The van der Waals surface area contributed by atoms with Crippen molar-refractivity contribution in [3.63, 3.8) is 0 Å². The molecule has 0 spiro atoms. The van der Waals surface area contributed by atoms with Gasteiger partial charge < -0.3 is 5.32 Å². The molecule has 0 radical (unpaired) electrons. The van der Waals surface area contributed by atoms with E-state index in [0.29, 0.717) is 5.56 Å². The van der Waals surface area contributed by atoms with Crippen LogP contribution in [0, 0.1) is 5.82 Å². The normalized spacial score (nSPS) is 12.1. The maximum atomic E-state index is 13.6. The third-order valence-electron chi connectivity index (χ3n) is 4.08. The van der Waals surface area contributed by atoms with Gasteiger partial charge in [0.25, 0.3) is 0 Å². The number of hydrogen-bond donors (Lipinski definition) is 1. The van der Waals surface area contributed by atoms with Crippen LogP contribution in [-0.4, -0.2) is 10.9 Å². The van der Waals surface area contributed by atoms with Crippen LogP contribution in [0.3, 0.4) is 0 Å². The maximum absolute atomic E-state index is 13.6. The van der Waals surface area contributed by atoms with Crippen molar-refractivity contribution in [2.45, 2.75) is 13.0 Å². The minimum Gasteiger partial charge on any atom is -0.346 e. The lowest BCUT2D eigenvalue weighted by Gasteiger charge is -2.14. The first kappa shape index (κ1) is 17.5. The number of amides is 1. The molecule has 0 bridgehead atoms. The van der Waals surface area contributed by atoms with Crippen molar-refractivity contribution in [2.75, 3.05) is 0 Å². The molecule has 0 saturated carbocycles. The Morgan fingerprint density at radius 2 is 1.81 bits per heavy atom. The van der Waals surface area contributed by atoms with E-state index >= 15 is 0 Å². The van der Waals surface area contributed by atoms with Crippen LogP contribution < -0.4 is 5.32 Å². The molecule has 1 atom stereocenters. The summed E-state index contributed by atoms with van der Waals surface area (Å²) in [7, 11) is 0. The van der Waals surface area contributed by atoms with E-state index in [2.05, 4.69) is 10.3 Å². The van der Waals surface area contributed by atoms with Gasteiger partial charge in [-0.25, -0.2) is 4.39 Å². The number of aromatic nitrogens is 1.